The van der Waals surface area contributed by atoms with E-state index in [2.05, 4.69) is 34.4 Å². The summed E-state index contributed by atoms with van der Waals surface area (Å²) >= 11 is 0. The summed E-state index contributed by atoms with van der Waals surface area (Å²) in [6, 6.07) is 7.06. The highest BCUT2D eigenvalue weighted by Crippen LogP contribution is 2.25. The standard InChI is InChI=1S/C20H25FN4O/c1-3-11-25(4-2)18-8-6-15(13-23-18)20(26)24-17-7-5-14-12-22-10-9-16(14)19(17)21/h5-8,13,22H,3-4,9-12H2,1-2H3,(H,24,26). The molecule has 0 bridgehead atoms. The number of rotatable bonds is 6. The van der Waals surface area contributed by atoms with Gasteiger partial charge in [0.25, 0.3) is 5.91 Å². The maximum absolute atomic E-state index is 14.7. The molecule has 0 atom stereocenters. The molecule has 0 radical (unpaired) electrons. The van der Waals surface area contributed by atoms with Gasteiger partial charge in [-0.25, -0.2) is 9.37 Å². The molecule has 2 aromatic rings. The highest BCUT2D eigenvalue weighted by atomic mass is 19.1. The SMILES string of the molecule is CCCN(CC)c1ccc(C(=O)Nc2ccc3c(c2F)CCNC3)cn1. The summed E-state index contributed by atoms with van der Waals surface area (Å²) in [5.41, 5.74) is 2.28. The normalized spacial score (nSPS) is 13.2. The van der Waals surface area contributed by atoms with Gasteiger partial charge in [-0.1, -0.05) is 13.0 Å². The van der Waals surface area contributed by atoms with Crippen LogP contribution in [0.1, 0.15) is 41.8 Å². The molecule has 1 aliphatic heterocycles. The van der Waals surface area contributed by atoms with E-state index < -0.39 is 0 Å². The molecule has 3 rings (SSSR count). The van der Waals surface area contributed by atoms with Crippen molar-refractivity contribution in [1.29, 1.82) is 0 Å². The average Bonchev–Trinajstić information content (AvgIpc) is 2.68. The molecule has 2 heterocycles. The Morgan fingerprint density at radius 1 is 1.31 bits per heavy atom. The van der Waals surface area contributed by atoms with E-state index in [1.54, 1.807) is 18.3 Å². The van der Waals surface area contributed by atoms with Gasteiger partial charge in [0, 0.05) is 25.8 Å². The minimum Gasteiger partial charge on any atom is -0.357 e. The summed E-state index contributed by atoms with van der Waals surface area (Å²) in [5, 5.41) is 5.89. The Kier molecular flexibility index (Phi) is 5.83. The highest BCUT2D eigenvalue weighted by Gasteiger charge is 2.18. The Bertz CT molecular complexity index is 776. The molecular formula is C20H25FN4O. The second kappa shape index (κ2) is 8.27. The number of benzene rings is 1. The number of nitrogens with one attached hydrogen (secondary N) is 2. The Labute approximate surface area is 153 Å². The number of carbonyl (C=O) groups is 1. The van der Waals surface area contributed by atoms with Crippen molar-refractivity contribution in [2.24, 2.45) is 0 Å². The van der Waals surface area contributed by atoms with Crippen LogP contribution in [0, 0.1) is 5.82 Å². The number of halogens is 1. The Morgan fingerprint density at radius 2 is 2.15 bits per heavy atom. The van der Waals surface area contributed by atoms with Crippen LogP contribution in [-0.2, 0) is 13.0 Å². The van der Waals surface area contributed by atoms with Gasteiger partial charge >= 0.3 is 0 Å². The van der Waals surface area contributed by atoms with E-state index in [0.717, 1.165) is 37.4 Å². The van der Waals surface area contributed by atoms with E-state index in [0.29, 0.717) is 24.1 Å². The Morgan fingerprint density at radius 3 is 2.85 bits per heavy atom. The van der Waals surface area contributed by atoms with E-state index in [4.69, 9.17) is 0 Å². The predicted molar refractivity (Wildman–Crippen MR) is 102 cm³/mol. The molecule has 0 saturated heterocycles. The summed E-state index contributed by atoms with van der Waals surface area (Å²) in [4.78, 5) is 19.0. The Hall–Kier alpha value is -2.47. The number of aromatic nitrogens is 1. The first-order valence-electron chi connectivity index (χ1n) is 9.17. The van der Waals surface area contributed by atoms with Crippen molar-refractivity contribution in [1.82, 2.24) is 10.3 Å². The van der Waals surface area contributed by atoms with Crippen molar-refractivity contribution in [2.45, 2.75) is 33.2 Å². The maximum atomic E-state index is 14.7. The molecule has 6 heteroatoms. The van der Waals surface area contributed by atoms with Crippen LogP contribution in [-0.4, -0.2) is 30.5 Å². The maximum Gasteiger partial charge on any atom is 0.257 e. The Balaban J connectivity index is 1.74. The van der Waals surface area contributed by atoms with Crippen LogP contribution in [0.25, 0.3) is 0 Å². The number of pyridine rings is 1. The number of hydrogen-bond acceptors (Lipinski definition) is 4. The number of amides is 1. The zero-order valence-electron chi connectivity index (χ0n) is 15.3. The molecule has 0 aliphatic carbocycles. The van der Waals surface area contributed by atoms with Crippen molar-refractivity contribution >= 4 is 17.4 Å². The summed E-state index contributed by atoms with van der Waals surface area (Å²) in [7, 11) is 0. The molecule has 1 aromatic carbocycles. The average molecular weight is 356 g/mol. The molecule has 0 spiro atoms. The minimum atomic E-state index is -0.352. The number of hydrogen-bond donors (Lipinski definition) is 2. The van der Waals surface area contributed by atoms with Crippen molar-refractivity contribution < 1.29 is 9.18 Å². The molecule has 2 N–H and O–H groups in total. The molecule has 1 aromatic heterocycles. The van der Waals surface area contributed by atoms with E-state index in [-0.39, 0.29) is 17.4 Å². The zero-order chi connectivity index (χ0) is 18.5. The van der Waals surface area contributed by atoms with E-state index in [1.165, 1.54) is 0 Å². The molecule has 26 heavy (non-hydrogen) atoms. The molecule has 0 saturated carbocycles. The van der Waals surface area contributed by atoms with Gasteiger partial charge in [-0.2, -0.15) is 0 Å². The third kappa shape index (κ3) is 3.85. The van der Waals surface area contributed by atoms with Crippen LogP contribution in [0.4, 0.5) is 15.9 Å². The van der Waals surface area contributed by atoms with Crippen LogP contribution in [0.5, 0.6) is 0 Å². The first-order valence-corrected chi connectivity index (χ1v) is 9.17. The summed E-state index contributed by atoms with van der Waals surface area (Å²) in [6.07, 6.45) is 3.21. The van der Waals surface area contributed by atoms with Crippen LogP contribution in [0.3, 0.4) is 0 Å². The topological polar surface area (TPSA) is 57.3 Å². The third-order valence-corrected chi connectivity index (χ3v) is 4.66. The predicted octanol–water partition coefficient (Wildman–Crippen LogP) is 3.36. The lowest BCUT2D eigenvalue weighted by molar-refractivity contribution is 0.102. The number of fused-ring (bicyclic) bond motifs is 1. The number of anilines is 2. The van der Waals surface area contributed by atoms with Gasteiger partial charge in [-0.05, 0) is 55.6 Å². The van der Waals surface area contributed by atoms with Gasteiger partial charge in [-0.3, -0.25) is 4.79 Å². The van der Waals surface area contributed by atoms with Gasteiger partial charge in [0.15, 0.2) is 0 Å². The van der Waals surface area contributed by atoms with Crippen LogP contribution in [0.2, 0.25) is 0 Å². The monoisotopic (exact) mass is 356 g/mol. The molecule has 1 aliphatic rings. The van der Waals surface area contributed by atoms with Crippen molar-refractivity contribution in [3.05, 3.63) is 53.0 Å². The molecule has 1 amide bonds. The lowest BCUT2D eigenvalue weighted by atomic mass is 9.99. The van der Waals surface area contributed by atoms with Gasteiger partial charge in [0.1, 0.15) is 11.6 Å². The summed E-state index contributed by atoms with van der Waals surface area (Å²) < 4.78 is 14.7. The van der Waals surface area contributed by atoms with E-state index in [1.807, 2.05) is 12.1 Å². The second-order valence-electron chi connectivity index (χ2n) is 6.43. The largest absolute Gasteiger partial charge is 0.357 e. The molecule has 0 fully saturated rings. The van der Waals surface area contributed by atoms with Gasteiger partial charge < -0.3 is 15.5 Å². The fraction of sp³-hybridized carbons (Fsp3) is 0.400. The van der Waals surface area contributed by atoms with Crippen LogP contribution in [0.15, 0.2) is 30.5 Å². The molecule has 138 valence electrons. The number of carbonyl (C=O) groups excluding carboxylic acids is 1. The van der Waals surface area contributed by atoms with Crippen molar-refractivity contribution in [2.75, 3.05) is 29.9 Å². The zero-order valence-corrected chi connectivity index (χ0v) is 15.3. The van der Waals surface area contributed by atoms with Crippen LogP contribution < -0.4 is 15.5 Å². The first-order chi connectivity index (χ1) is 12.6. The van der Waals surface area contributed by atoms with E-state index in [9.17, 15) is 9.18 Å². The van der Waals surface area contributed by atoms with Crippen LogP contribution >= 0.6 is 0 Å². The van der Waals surface area contributed by atoms with Crippen molar-refractivity contribution in [3.63, 3.8) is 0 Å². The number of nitrogens with zero attached hydrogens (tertiary/aromatic N) is 2. The minimum absolute atomic E-state index is 0.223. The highest BCUT2D eigenvalue weighted by molar-refractivity contribution is 6.04. The van der Waals surface area contributed by atoms with Gasteiger partial charge in [0.05, 0.1) is 11.3 Å². The summed E-state index contributed by atoms with van der Waals surface area (Å²) in [6.45, 7) is 7.39. The quantitative estimate of drug-likeness (QED) is 0.833. The third-order valence-electron chi connectivity index (χ3n) is 4.66. The summed E-state index contributed by atoms with van der Waals surface area (Å²) in [5.74, 6) is 0.163. The fourth-order valence-electron chi connectivity index (χ4n) is 3.24. The van der Waals surface area contributed by atoms with Crippen molar-refractivity contribution in [3.8, 4) is 0 Å². The van der Waals surface area contributed by atoms with E-state index >= 15 is 0 Å². The molecular weight excluding hydrogens is 331 g/mol. The smallest absolute Gasteiger partial charge is 0.257 e. The van der Waals surface area contributed by atoms with Gasteiger partial charge in [-0.15, -0.1) is 0 Å². The lowest BCUT2D eigenvalue weighted by Gasteiger charge is -2.21. The lowest BCUT2D eigenvalue weighted by Crippen LogP contribution is -2.25. The first kappa shape index (κ1) is 18.3. The molecule has 0 unspecified atom stereocenters. The second-order valence-corrected chi connectivity index (χ2v) is 6.43. The molecule has 5 nitrogen and oxygen atoms in total. The van der Waals surface area contributed by atoms with Gasteiger partial charge in [0.2, 0.25) is 0 Å². The fourth-order valence-corrected chi connectivity index (χ4v) is 3.24.